The smallest absolute Gasteiger partial charge is 0.251 e. The fraction of sp³-hybridized carbons (Fsp3) is 0.588. The molecular formula is C17H28N2O2. The zero-order valence-corrected chi connectivity index (χ0v) is 13.6. The van der Waals surface area contributed by atoms with Gasteiger partial charge in [-0.1, -0.05) is 20.8 Å². The van der Waals surface area contributed by atoms with Crippen molar-refractivity contribution in [3.05, 3.63) is 29.8 Å². The van der Waals surface area contributed by atoms with Crippen LogP contribution in [0.25, 0.3) is 0 Å². The Morgan fingerprint density at radius 3 is 2.24 bits per heavy atom. The quantitative estimate of drug-likeness (QED) is 0.774. The van der Waals surface area contributed by atoms with E-state index in [-0.39, 0.29) is 12.5 Å². The molecule has 0 unspecified atom stereocenters. The van der Waals surface area contributed by atoms with Gasteiger partial charge >= 0.3 is 0 Å². The number of hydrogen-bond acceptors (Lipinski definition) is 3. The van der Waals surface area contributed by atoms with E-state index in [1.807, 2.05) is 45.2 Å². The van der Waals surface area contributed by atoms with Crippen LogP contribution in [0.2, 0.25) is 0 Å². The summed E-state index contributed by atoms with van der Waals surface area (Å²) in [5.74, 6) is -0.139. The Morgan fingerprint density at radius 1 is 1.19 bits per heavy atom. The van der Waals surface area contributed by atoms with Crippen molar-refractivity contribution in [1.29, 1.82) is 0 Å². The van der Waals surface area contributed by atoms with Crippen molar-refractivity contribution in [3.63, 3.8) is 0 Å². The van der Waals surface area contributed by atoms with E-state index in [1.54, 1.807) is 0 Å². The first kappa shape index (κ1) is 17.5. The molecule has 2 N–H and O–H groups in total. The Hall–Kier alpha value is -1.55. The molecule has 118 valence electrons. The van der Waals surface area contributed by atoms with Crippen LogP contribution in [-0.4, -0.2) is 36.8 Å². The Labute approximate surface area is 128 Å². The lowest BCUT2D eigenvalue weighted by atomic mass is 9.97. The van der Waals surface area contributed by atoms with Gasteiger partial charge in [0.1, 0.15) is 0 Å². The van der Waals surface area contributed by atoms with Gasteiger partial charge in [0.2, 0.25) is 0 Å². The first-order valence-corrected chi connectivity index (χ1v) is 7.77. The fourth-order valence-corrected chi connectivity index (χ4v) is 2.18. The van der Waals surface area contributed by atoms with E-state index in [0.29, 0.717) is 18.4 Å². The minimum absolute atomic E-state index is 0.139. The van der Waals surface area contributed by atoms with Crippen LogP contribution < -0.4 is 10.2 Å². The molecule has 0 aromatic heterocycles. The highest BCUT2D eigenvalue weighted by atomic mass is 16.3. The molecule has 0 aliphatic heterocycles. The summed E-state index contributed by atoms with van der Waals surface area (Å²) in [6, 6.07) is 7.56. The minimum Gasteiger partial charge on any atom is -0.388 e. The second kappa shape index (κ2) is 8.03. The van der Waals surface area contributed by atoms with E-state index in [2.05, 4.69) is 17.1 Å². The number of rotatable bonds is 8. The molecule has 0 fully saturated rings. The van der Waals surface area contributed by atoms with Crippen molar-refractivity contribution in [2.24, 2.45) is 0 Å². The Balaban J connectivity index is 2.63. The van der Waals surface area contributed by atoms with Gasteiger partial charge in [0.05, 0.1) is 5.60 Å². The highest BCUT2D eigenvalue weighted by Gasteiger charge is 2.22. The summed E-state index contributed by atoms with van der Waals surface area (Å²) in [6.45, 7) is 7.27. The first-order chi connectivity index (χ1) is 9.95. The number of nitrogens with zero attached hydrogens (tertiary/aromatic N) is 1. The average molecular weight is 292 g/mol. The van der Waals surface area contributed by atoms with Crippen LogP contribution in [0.5, 0.6) is 0 Å². The molecule has 1 aromatic rings. The molecule has 0 spiro atoms. The zero-order valence-electron chi connectivity index (χ0n) is 13.6. The standard InChI is InChI=1S/C17H28N2O2/c1-5-12-19(4)15-10-8-14(9-11-15)16(20)18-13-17(21,6-2)7-3/h8-11,21H,5-7,12-13H2,1-4H3,(H,18,20). The van der Waals surface area contributed by atoms with Crippen LogP contribution in [0.3, 0.4) is 0 Å². The maximum atomic E-state index is 12.1. The van der Waals surface area contributed by atoms with Crippen molar-refractivity contribution in [3.8, 4) is 0 Å². The Kier molecular flexibility index (Phi) is 6.69. The lowest BCUT2D eigenvalue weighted by Crippen LogP contribution is -2.42. The van der Waals surface area contributed by atoms with Gasteiger partial charge in [-0.05, 0) is 43.5 Å². The van der Waals surface area contributed by atoms with Crippen LogP contribution in [0.15, 0.2) is 24.3 Å². The molecule has 21 heavy (non-hydrogen) atoms. The van der Waals surface area contributed by atoms with E-state index in [1.165, 1.54) is 0 Å². The van der Waals surface area contributed by atoms with E-state index < -0.39 is 5.60 Å². The molecule has 1 aromatic carbocycles. The molecule has 0 radical (unpaired) electrons. The molecule has 1 amide bonds. The monoisotopic (exact) mass is 292 g/mol. The number of benzene rings is 1. The van der Waals surface area contributed by atoms with Crippen molar-refractivity contribution < 1.29 is 9.90 Å². The number of hydrogen-bond donors (Lipinski definition) is 2. The predicted molar refractivity (Wildman–Crippen MR) is 87.9 cm³/mol. The third kappa shape index (κ3) is 5.05. The summed E-state index contributed by atoms with van der Waals surface area (Å²) in [4.78, 5) is 14.3. The van der Waals surface area contributed by atoms with Crippen LogP contribution in [0.4, 0.5) is 5.69 Å². The van der Waals surface area contributed by atoms with Gasteiger partial charge in [0.15, 0.2) is 0 Å². The van der Waals surface area contributed by atoms with Gasteiger partial charge in [-0.25, -0.2) is 0 Å². The average Bonchev–Trinajstić information content (AvgIpc) is 2.52. The van der Waals surface area contributed by atoms with Gasteiger partial charge in [0, 0.05) is 31.4 Å². The third-order valence-corrected chi connectivity index (χ3v) is 4.02. The third-order valence-electron chi connectivity index (χ3n) is 4.02. The lowest BCUT2D eigenvalue weighted by Gasteiger charge is -2.25. The van der Waals surface area contributed by atoms with E-state index in [4.69, 9.17) is 0 Å². The molecule has 4 heteroatoms. The fourth-order valence-electron chi connectivity index (χ4n) is 2.18. The van der Waals surface area contributed by atoms with E-state index >= 15 is 0 Å². The molecule has 0 bridgehead atoms. The normalized spacial score (nSPS) is 11.3. The maximum absolute atomic E-state index is 12.1. The summed E-state index contributed by atoms with van der Waals surface area (Å²) in [5, 5.41) is 13.0. The topological polar surface area (TPSA) is 52.6 Å². The van der Waals surface area contributed by atoms with Gasteiger partial charge in [-0.15, -0.1) is 0 Å². The molecule has 4 nitrogen and oxygen atoms in total. The number of anilines is 1. The van der Waals surface area contributed by atoms with Gasteiger partial charge < -0.3 is 15.3 Å². The second-order valence-electron chi connectivity index (χ2n) is 5.58. The summed E-state index contributed by atoms with van der Waals surface area (Å²) in [7, 11) is 2.04. The molecule has 0 aliphatic rings. The van der Waals surface area contributed by atoms with Crippen molar-refractivity contribution in [2.75, 3.05) is 25.0 Å². The largest absolute Gasteiger partial charge is 0.388 e. The maximum Gasteiger partial charge on any atom is 0.251 e. The van der Waals surface area contributed by atoms with Gasteiger partial charge in [-0.3, -0.25) is 4.79 Å². The first-order valence-electron chi connectivity index (χ1n) is 7.77. The summed E-state index contributed by atoms with van der Waals surface area (Å²) in [6.07, 6.45) is 2.35. The van der Waals surface area contributed by atoms with E-state index in [0.717, 1.165) is 18.7 Å². The van der Waals surface area contributed by atoms with Crippen LogP contribution in [-0.2, 0) is 0 Å². The summed E-state index contributed by atoms with van der Waals surface area (Å²) in [5.41, 5.74) is 0.918. The highest BCUT2D eigenvalue weighted by Crippen LogP contribution is 2.15. The van der Waals surface area contributed by atoms with Gasteiger partial charge in [0.25, 0.3) is 5.91 Å². The van der Waals surface area contributed by atoms with Crippen LogP contribution >= 0.6 is 0 Å². The molecule has 0 atom stereocenters. The Morgan fingerprint density at radius 2 is 1.76 bits per heavy atom. The number of nitrogens with one attached hydrogen (secondary N) is 1. The molecule has 0 saturated heterocycles. The SMILES string of the molecule is CCCN(C)c1ccc(C(=O)NCC(O)(CC)CC)cc1. The molecular weight excluding hydrogens is 264 g/mol. The molecule has 1 rings (SSSR count). The molecule has 0 saturated carbocycles. The van der Waals surface area contributed by atoms with Crippen molar-refractivity contribution in [1.82, 2.24) is 5.32 Å². The molecule has 0 aliphatic carbocycles. The lowest BCUT2D eigenvalue weighted by molar-refractivity contribution is 0.0314. The second-order valence-corrected chi connectivity index (χ2v) is 5.58. The number of aliphatic hydroxyl groups is 1. The molecule has 0 heterocycles. The zero-order chi connectivity index (χ0) is 15.9. The van der Waals surface area contributed by atoms with Gasteiger partial charge in [-0.2, -0.15) is 0 Å². The number of amides is 1. The number of carbonyl (C=O) groups is 1. The minimum atomic E-state index is -0.809. The van der Waals surface area contributed by atoms with Crippen LogP contribution in [0, 0.1) is 0 Å². The summed E-state index contributed by atoms with van der Waals surface area (Å²) >= 11 is 0. The summed E-state index contributed by atoms with van der Waals surface area (Å²) < 4.78 is 0. The van der Waals surface area contributed by atoms with Crippen LogP contribution in [0.1, 0.15) is 50.4 Å². The highest BCUT2D eigenvalue weighted by molar-refractivity contribution is 5.94. The van der Waals surface area contributed by atoms with Crippen molar-refractivity contribution in [2.45, 2.75) is 45.6 Å². The van der Waals surface area contributed by atoms with Crippen molar-refractivity contribution >= 4 is 11.6 Å². The predicted octanol–water partition coefficient (Wildman–Crippen LogP) is 2.81. The Bertz CT molecular complexity index is 439. The van der Waals surface area contributed by atoms with E-state index in [9.17, 15) is 9.90 Å². The number of carbonyl (C=O) groups excluding carboxylic acids is 1.